The van der Waals surface area contributed by atoms with Gasteiger partial charge in [-0.25, -0.2) is 14.1 Å². The monoisotopic (exact) mass is 511 g/mol. The van der Waals surface area contributed by atoms with E-state index in [1.54, 1.807) is 31.3 Å². The summed E-state index contributed by atoms with van der Waals surface area (Å²) in [6, 6.07) is 14.7. The fourth-order valence-corrected chi connectivity index (χ4v) is 3.67. The first-order valence-corrected chi connectivity index (χ1v) is 10.5. The van der Waals surface area contributed by atoms with Crippen LogP contribution >= 0.6 is 23.2 Å². The first kappa shape index (κ1) is 23.8. The number of aryl methyl sites for hydroxylation is 1. The number of hydrogen-bond donors (Lipinski definition) is 0. The summed E-state index contributed by atoms with van der Waals surface area (Å²) in [7, 11) is 1.64. The molecule has 34 heavy (non-hydrogen) atoms. The third-order valence-electron chi connectivity index (χ3n) is 4.72. The van der Waals surface area contributed by atoms with Crippen LogP contribution in [0.2, 0.25) is 10.0 Å². The maximum Gasteiger partial charge on any atom is 0.573 e. The summed E-state index contributed by atoms with van der Waals surface area (Å²) in [5.74, 6) is -0.566. The van der Waals surface area contributed by atoms with Crippen LogP contribution in [0.5, 0.6) is 11.5 Å². The lowest BCUT2D eigenvalue weighted by Gasteiger charge is -2.14. The Labute approximate surface area is 201 Å². The molecule has 0 fully saturated rings. The molecule has 3 aromatic carbocycles. The highest BCUT2D eigenvalue weighted by Gasteiger charge is 2.32. The Morgan fingerprint density at radius 1 is 0.941 bits per heavy atom. The Hall–Kier alpha value is -3.30. The molecule has 11 heteroatoms. The van der Waals surface area contributed by atoms with Gasteiger partial charge in [-0.2, -0.15) is 5.10 Å². The van der Waals surface area contributed by atoms with Crippen molar-refractivity contribution in [1.82, 2.24) is 14.8 Å². The average Bonchev–Trinajstić information content (AvgIpc) is 3.13. The van der Waals surface area contributed by atoms with E-state index in [0.717, 1.165) is 6.07 Å². The lowest BCUT2D eigenvalue weighted by molar-refractivity contribution is -0.275. The second-order valence-electron chi connectivity index (χ2n) is 7.07. The number of alkyl halides is 3. The van der Waals surface area contributed by atoms with Gasteiger partial charge in [0, 0.05) is 23.2 Å². The maximum atomic E-state index is 14.3. The van der Waals surface area contributed by atoms with Crippen LogP contribution in [-0.2, 0) is 13.7 Å². The van der Waals surface area contributed by atoms with E-state index in [1.165, 1.54) is 35.0 Å². The van der Waals surface area contributed by atoms with Crippen LogP contribution in [0, 0.1) is 5.82 Å². The Kier molecular flexibility index (Phi) is 6.67. The molecule has 4 aromatic rings. The molecular formula is C23H15Cl2F4N3O2. The molecule has 1 aromatic heterocycles. The van der Waals surface area contributed by atoms with Crippen molar-refractivity contribution in [2.75, 3.05) is 0 Å². The topological polar surface area (TPSA) is 49.2 Å². The van der Waals surface area contributed by atoms with Crippen molar-refractivity contribution < 1.29 is 27.0 Å². The standard InChI is InChI=1S/C23H15Cl2F4N3O2/c1-32-22(30-21(31-32)20-15(24)5-4-6-17(20)26)13-9-10-14(16(25)11-13)12-33-18-7-2-3-8-19(18)34-23(27,28)29/h2-11H,12H2,1H3. The molecule has 5 nitrogen and oxygen atoms in total. The zero-order valence-corrected chi connectivity index (χ0v) is 18.9. The van der Waals surface area contributed by atoms with Gasteiger partial charge in [-0.15, -0.1) is 13.2 Å². The molecule has 4 rings (SSSR count). The lowest BCUT2D eigenvalue weighted by Crippen LogP contribution is -2.17. The zero-order chi connectivity index (χ0) is 24.5. The number of ether oxygens (including phenoxy) is 2. The first-order chi connectivity index (χ1) is 16.1. The quantitative estimate of drug-likeness (QED) is 0.259. The molecule has 0 unspecified atom stereocenters. The van der Waals surface area contributed by atoms with Crippen molar-refractivity contribution in [2.24, 2.45) is 7.05 Å². The molecule has 0 saturated carbocycles. The van der Waals surface area contributed by atoms with Gasteiger partial charge >= 0.3 is 6.36 Å². The van der Waals surface area contributed by atoms with Gasteiger partial charge in [-0.05, 0) is 30.3 Å². The Morgan fingerprint density at radius 3 is 2.35 bits per heavy atom. The van der Waals surface area contributed by atoms with E-state index in [2.05, 4.69) is 14.8 Å². The molecule has 176 valence electrons. The summed E-state index contributed by atoms with van der Waals surface area (Å²) in [6.07, 6.45) is -4.85. The minimum Gasteiger partial charge on any atom is -0.485 e. The van der Waals surface area contributed by atoms with Crippen LogP contribution in [0.3, 0.4) is 0 Å². The highest BCUT2D eigenvalue weighted by atomic mass is 35.5. The average molecular weight is 512 g/mol. The summed E-state index contributed by atoms with van der Waals surface area (Å²) < 4.78 is 63.0. The lowest BCUT2D eigenvalue weighted by atomic mass is 10.1. The van der Waals surface area contributed by atoms with E-state index in [-0.39, 0.29) is 28.8 Å². The fourth-order valence-electron chi connectivity index (χ4n) is 3.19. The molecule has 0 radical (unpaired) electrons. The van der Waals surface area contributed by atoms with Crippen LogP contribution < -0.4 is 9.47 Å². The highest BCUT2D eigenvalue weighted by Crippen LogP contribution is 2.34. The number of rotatable bonds is 6. The van der Waals surface area contributed by atoms with Crippen molar-refractivity contribution >= 4 is 23.2 Å². The maximum absolute atomic E-state index is 14.3. The Balaban J connectivity index is 1.56. The van der Waals surface area contributed by atoms with E-state index in [9.17, 15) is 17.6 Å². The third-order valence-corrected chi connectivity index (χ3v) is 5.39. The molecule has 0 amide bonds. The van der Waals surface area contributed by atoms with Crippen molar-refractivity contribution in [3.63, 3.8) is 0 Å². The highest BCUT2D eigenvalue weighted by molar-refractivity contribution is 6.33. The normalized spacial score (nSPS) is 11.5. The van der Waals surface area contributed by atoms with Crippen LogP contribution in [0.25, 0.3) is 22.8 Å². The van der Waals surface area contributed by atoms with Crippen molar-refractivity contribution in [3.05, 3.63) is 82.1 Å². The smallest absolute Gasteiger partial charge is 0.485 e. The van der Waals surface area contributed by atoms with Crippen molar-refractivity contribution in [1.29, 1.82) is 0 Å². The number of aromatic nitrogens is 3. The predicted molar refractivity (Wildman–Crippen MR) is 119 cm³/mol. The van der Waals surface area contributed by atoms with Crippen molar-refractivity contribution in [2.45, 2.75) is 13.0 Å². The van der Waals surface area contributed by atoms with Crippen LogP contribution in [-0.4, -0.2) is 21.1 Å². The summed E-state index contributed by atoms with van der Waals surface area (Å²) in [5.41, 5.74) is 1.19. The SMILES string of the molecule is Cn1nc(-c2c(F)cccc2Cl)nc1-c1ccc(COc2ccccc2OC(F)(F)F)c(Cl)c1. The molecule has 0 saturated heterocycles. The number of hydrogen-bond acceptors (Lipinski definition) is 4. The number of halogens is 6. The van der Waals surface area contributed by atoms with Crippen LogP contribution in [0.15, 0.2) is 60.7 Å². The molecule has 1 heterocycles. The third kappa shape index (κ3) is 5.26. The predicted octanol–water partition coefficient (Wildman–Crippen LogP) is 7.07. The van der Waals surface area contributed by atoms with Gasteiger partial charge in [0.1, 0.15) is 12.4 Å². The van der Waals surface area contributed by atoms with Gasteiger partial charge in [0.15, 0.2) is 23.1 Å². The molecule has 0 N–H and O–H groups in total. The molecule has 0 bridgehead atoms. The van der Waals surface area contributed by atoms with Gasteiger partial charge in [-0.3, -0.25) is 0 Å². The number of nitrogens with zero attached hydrogens (tertiary/aromatic N) is 3. The minimum absolute atomic E-state index is 0.0836. The number of para-hydroxylation sites is 2. The fraction of sp³-hybridized carbons (Fsp3) is 0.130. The first-order valence-electron chi connectivity index (χ1n) is 9.74. The molecule has 0 aliphatic rings. The van der Waals surface area contributed by atoms with Gasteiger partial charge in [0.2, 0.25) is 0 Å². The van der Waals surface area contributed by atoms with E-state index in [4.69, 9.17) is 27.9 Å². The van der Waals surface area contributed by atoms with Crippen LogP contribution in [0.4, 0.5) is 17.6 Å². The Morgan fingerprint density at radius 2 is 1.68 bits per heavy atom. The second kappa shape index (κ2) is 9.52. The summed E-state index contributed by atoms with van der Waals surface area (Å²) in [6.45, 7) is -0.105. The minimum atomic E-state index is -4.85. The van der Waals surface area contributed by atoms with Gasteiger partial charge in [0.05, 0.1) is 10.6 Å². The zero-order valence-electron chi connectivity index (χ0n) is 17.4. The largest absolute Gasteiger partial charge is 0.573 e. The molecule has 0 atom stereocenters. The Bertz CT molecular complexity index is 1320. The van der Waals surface area contributed by atoms with E-state index in [0.29, 0.717) is 22.0 Å². The van der Waals surface area contributed by atoms with Gasteiger partial charge < -0.3 is 9.47 Å². The molecule has 0 spiro atoms. The summed E-state index contributed by atoms with van der Waals surface area (Å²) in [4.78, 5) is 4.40. The molecule has 0 aliphatic heterocycles. The van der Waals surface area contributed by atoms with E-state index >= 15 is 0 Å². The summed E-state index contributed by atoms with van der Waals surface area (Å²) >= 11 is 12.5. The number of benzene rings is 3. The van der Waals surface area contributed by atoms with Crippen LogP contribution in [0.1, 0.15) is 5.56 Å². The van der Waals surface area contributed by atoms with E-state index in [1.807, 2.05) is 0 Å². The second-order valence-corrected chi connectivity index (χ2v) is 7.88. The van der Waals surface area contributed by atoms with Gasteiger partial charge in [0.25, 0.3) is 0 Å². The van der Waals surface area contributed by atoms with Crippen molar-refractivity contribution in [3.8, 4) is 34.3 Å². The molecule has 0 aliphatic carbocycles. The summed E-state index contributed by atoms with van der Waals surface area (Å²) in [5, 5.41) is 4.72. The van der Waals surface area contributed by atoms with Gasteiger partial charge in [-0.1, -0.05) is 53.5 Å². The molecular weight excluding hydrogens is 497 g/mol. The van der Waals surface area contributed by atoms with E-state index < -0.39 is 17.9 Å².